The molecule has 1 amide bonds. The predicted molar refractivity (Wildman–Crippen MR) is 94.9 cm³/mol. The highest BCUT2D eigenvalue weighted by molar-refractivity contribution is 6.31. The van der Waals surface area contributed by atoms with Crippen LogP contribution >= 0.6 is 11.6 Å². The average Bonchev–Trinajstić information content (AvgIpc) is 2.59. The first kappa shape index (κ1) is 16.7. The van der Waals surface area contributed by atoms with Crippen molar-refractivity contribution >= 4 is 29.1 Å². The first-order valence-electron chi connectivity index (χ1n) is 7.87. The lowest BCUT2D eigenvalue weighted by atomic mass is 10.2. The smallest absolute Gasteiger partial charge is 0.272 e. The minimum atomic E-state index is -0.0589. The Morgan fingerprint density at radius 2 is 1.96 bits per heavy atom. The van der Waals surface area contributed by atoms with Gasteiger partial charge in [0.2, 0.25) is 5.95 Å². The van der Waals surface area contributed by atoms with Crippen LogP contribution in [0.3, 0.4) is 0 Å². The van der Waals surface area contributed by atoms with Gasteiger partial charge in [0.1, 0.15) is 5.69 Å². The molecule has 1 aromatic heterocycles. The molecule has 1 fully saturated rings. The van der Waals surface area contributed by atoms with E-state index < -0.39 is 0 Å². The third-order valence-electron chi connectivity index (χ3n) is 4.18. The van der Waals surface area contributed by atoms with E-state index in [1.807, 2.05) is 30.0 Å². The minimum absolute atomic E-state index is 0.0589. The van der Waals surface area contributed by atoms with Gasteiger partial charge >= 0.3 is 0 Å². The molecule has 1 aliphatic rings. The molecule has 6 nitrogen and oxygen atoms in total. The minimum Gasteiger partial charge on any atom is -0.335 e. The lowest BCUT2D eigenvalue weighted by Gasteiger charge is -2.32. The standard InChI is InChI=1S/C17H20ClN5O/c1-12-13(18)4-3-5-14(12)20-17-19-7-6-15(21-17)16(24)23-10-8-22(2)9-11-23/h3-7H,8-11H2,1-2H3,(H,19,20,21). The third kappa shape index (κ3) is 3.66. The summed E-state index contributed by atoms with van der Waals surface area (Å²) in [5, 5.41) is 3.80. The van der Waals surface area contributed by atoms with Crippen molar-refractivity contribution < 1.29 is 4.79 Å². The number of nitrogens with one attached hydrogen (secondary N) is 1. The van der Waals surface area contributed by atoms with E-state index in [4.69, 9.17) is 11.6 Å². The Balaban J connectivity index is 1.76. The van der Waals surface area contributed by atoms with Crippen molar-refractivity contribution in [3.8, 4) is 0 Å². The van der Waals surface area contributed by atoms with Gasteiger partial charge in [-0.1, -0.05) is 17.7 Å². The topological polar surface area (TPSA) is 61.4 Å². The summed E-state index contributed by atoms with van der Waals surface area (Å²) in [6.07, 6.45) is 1.60. The van der Waals surface area contributed by atoms with Gasteiger partial charge in [-0.2, -0.15) is 0 Å². The Bertz CT molecular complexity index is 744. The van der Waals surface area contributed by atoms with Crippen LogP contribution in [0.5, 0.6) is 0 Å². The molecule has 126 valence electrons. The number of aromatic nitrogens is 2. The molecule has 0 aliphatic carbocycles. The van der Waals surface area contributed by atoms with E-state index >= 15 is 0 Å². The van der Waals surface area contributed by atoms with Crippen molar-refractivity contribution in [2.45, 2.75) is 6.92 Å². The van der Waals surface area contributed by atoms with E-state index in [1.165, 1.54) is 0 Å². The van der Waals surface area contributed by atoms with E-state index in [1.54, 1.807) is 12.3 Å². The van der Waals surface area contributed by atoms with Crippen LogP contribution in [0, 0.1) is 6.92 Å². The number of amides is 1. The van der Waals surface area contributed by atoms with Crippen LogP contribution in [0.25, 0.3) is 0 Å². The van der Waals surface area contributed by atoms with Crippen molar-refractivity contribution in [2.24, 2.45) is 0 Å². The second-order valence-electron chi connectivity index (χ2n) is 5.90. The maximum absolute atomic E-state index is 12.6. The molecule has 0 radical (unpaired) electrons. The Hall–Kier alpha value is -2.18. The van der Waals surface area contributed by atoms with Crippen LogP contribution in [-0.2, 0) is 0 Å². The monoisotopic (exact) mass is 345 g/mol. The number of halogens is 1. The van der Waals surface area contributed by atoms with Crippen LogP contribution in [0.15, 0.2) is 30.5 Å². The van der Waals surface area contributed by atoms with E-state index in [9.17, 15) is 4.79 Å². The number of hydrogen-bond donors (Lipinski definition) is 1. The Morgan fingerprint density at radius 3 is 2.71 bits per heavy atom. The second kappa shape index (κ2) is 7.15. The van der Waals surface area contributed by atoms with Gasteiger partial charge in [0.15, 0.2) is 0 Å². The van der Waals surface area contributed by atoms with Gasteiger partial charge in [0.25, 0.3) is 5.91 Å². The Kier molecular flexibility index (Phi) is 4.97. The number of carbonyl (C=O) groups excluding carboxylic acids is 1. The number of rotatable bonds is 3. The zero-order valence-electron chi connectivity index (χ0n) is 13.8. The van der Waals surface area contributed by atoms with Crippen molar-refractivity contribution in [1.82, 2.24) is 19.8 Å². The molecule has 1 aliphatic heterocycles. The molecule has 0 saturated carbocycles. The number of nitrogens with zero attached hydrogens (tertiary/aromatic N) is 4. The zero-order valence-corrected chi connectivity index (χ0v) is 14.5. The largest absolute Gasteiger partial charge is 0.335 e. The third-order valence-corrected chi connectivity index (χ3v) is 4.59. The fraction of sp³-hybridized carbons (Fsp3) is 0.353. The normalized spacial score (nSPS) is 15.4. The highest BCUT2D eigenvalue weighted by Crippen LogP contribution is 2.24. The molecule has 1 saturated heterocycles. The van der Waals surface area contributed by atoms with Gasteiger partial charge in [-0.05, 0) is 37.7 Å². The summed E-state index contributed by atoms with van der Waals surface area (Å²) in [7, 11) is 2.06. The fourth-order valence-corrected chi connectivity index (χ4v) is 2.75. The molecular formula is C17H20ClN5O. The summed E-state index contributed by atoms with van der Waals surface area (Å²) < 4.78 is 0. The molecule has 7 heteroatoms. The SMILES string of the molecule is Cc1c(Cl)cccc1Nc1nccc(C(=O)N2CCN(C)CC2)n1. The first-order valence-corrected chi connectivity index (χ1v) is 8.25. The molecule has 0 atom stereocenters. The molecule has 0 bridgehead atoms. The van der Waals surface area contributed by atoms with Gasteiger partial charge < -0.3 is 15.1 Å². The van der Waals surface area contributed by atoms with Crippen LogP contribution in [0.4, 0.5) is 11.6 Å². The number of likely N-dealkylation sites (N-methyl/N-ethyl adjacent to an activating group) is 1. The van der Waals surface area contributed by atoms with Crippen molar-refractivity contribution in [3.63, 3.8) is 0 Å². The summed E-state index contributed by atoms with van der Waals surface area (Å²) in [6.45, 7) is 5.11. The summed E-state index contributed by atoms with van der Waals surface area (Å²) in [5.74, 6) is 0.330. The molecule has 24 heavy (non-hydrogen) atoms. The van der Waals surface area contributed by atoms with Gasteiger partial charge in [0.05, 0.1) is 0 Å². The number of benzene rings is 1. The second-order valence-corrected chi connectivity index (χ2v) is 6.31. The first-order chi connectivity index (χ1) is 11.5. The van der Waals surface area contributed by atoms with E-state index in [2.05, 4.69) is 27.2 Å². The number of carbonyl (C=O) groups is 1. The summed E-state index contributed by atoms with van der Waals surface area (Å²) in [6, 6.07) is 7.24. The average molecular weight is 346 g/mol. The molecule has 0 spiro atoms. The zero-order chi connectivity index (χ0) is 17.1. The van der Waals surface area contributed by atoms with E-state index in [0.717, 1.165) is 37.4 Å². The molecular weight excluding hydrogens is 326 g/mol. The molecule has 0 unspecified atom stereocenters. The maximum atomic E-state index is 12.6. The Morgan fingerprint density at radius 1 is 1.21 bits per heavy atom. The lowest BCUT2D eigenvalue weighted by molar-refractivity contribution is 0.0658. The van der Waals surface area contributed by atoms with Gasteiger partial charge in [0, 0.05) is 43.1 Å². The van der Waals surface area contributed by atoms with Gasteiger partial charge in [-0.15, -0.1) is 0 Å². The summed E-state index contributed by atoms with van der Waals surface area (Å²) in [5.41, 5.74) is 2.14. The highest BCUT2D eigenvalue weighted by atomic mass is 35.5. The van der Waals surface area contributed by atoms with E-state index in [-0.39, 0.29) is 5.91 Å². The fourth-order valence-electron chi connectivity index (χ4n) is 2.57. The maximum Gasteiger partial charge on any atom is 0.272 e. The summed E-state index contributed by atoms with van der Waals surface area (Å²) >= 11 is 6.13. The quantitative estimate of drug-likeness (QED) is 0.926. The predicted octanol–water partition coefficient (Wildman–Crippen LogP) is 2.57. The van der Waals surface area contributed by atoms with Crippen LogP contribution in [-0.4, -0.2) is 58.9 Å². The molecule has 3 rings (SSSR count). The highest BCUT2D eigenvalue weighted by Gasteiger charge is 2.21. The number of piperazine rings is 1. The van der Waals surface area contributed by atoms with Crippen molar-refractivity contribution in [3.05, 3.63) is 46.7 Å². The lowest BCUT2D eigenvalue weighted by Crippen LogP contribution is -2.47. The van der Waals surface area contributed by atoms with Crippen LogP contribution < -0.4 is 5.32 Å². The Labute approximate surface area is 146 Å². The molecule has 1 aromatic carbocycles. The number of hydrogen-bond acceptors (Lipinski definition) is 5. The van der Waals surface area contributed by atoms with E-state index in [0.29, 0.717) is 16.7 Å². The van der Waals surface area contributed by atoms with Crippen molar-refractivity contribution in [1.29, 1.82) is 0 Å². The van der Waals surface area contributed by atoms with Gasteiger partial charge in [-0.3, -0.25) is 4.79 Å². The van der Waals surface area contributed by atoms with Gasteiger partial charge in [-0.25, -0.2) is 9.97 Å². The molecule has 1 N–H and O–H groups in total. The molecule has 2 aromatic rings. The summed E-state index contributed by atoms with van der Waals surface area (Å²) in [4.78, 5) is 25.2. The van der Waals surface area contributed by atoms with Crippen molar-refractivity contribution in [2.75, 3.05) is 38.5 Å². The van der Waals surface area contributed by atoms with Crippen LogP contribution in [0.2, 0.25) is 5.02 Å². The number of anilines is 2. The molecule has 2 heterocycles. The van der Waals surface area contributed by atoms with Crippen LogP contribution in [0.1, 0.15) is 16.1 Å².